The molecule has 1 saturated heterocycles. The van der Waals surface area contributed by atoms with Gasteiger partial charge in [-0.2, -0.15) is 0 Å². The molecule has 74 valence electrons. The van der Waals surface area contributed by atoms with Crippen molar-refractivity contribution in [3.05, 3.63) is 17.3 Å². The summed E-state index contributed by atoms with van der Waals surface area (Å²) in [5.74, 6) is -0.0625. The normalized spacial score (nSPS) is 14.8. The zero-order chi connectivity index (χ0) is 9.97. The number of anilines is 1. The van der Waals surface area contributed by atoms with Crippen LogP contribution >= 0.6 is 11.5 Å². The Morgan fingerprint density at radius 2 is 2.43 bits per heavy atom. The Balaban J connectivity index is 2.02. The predicted octanol–water partition coefficient (Wildman–Crippen LogP) is 0.396. The second kappa shape index (κ2) is 3.85. The Morgan fingerprint density at radius 1 is 1.64 bits per heavy atom. The molecule has 0 atom stereocenters. The van der Waals surface area contributed by atoms with Crippen molar-refractivity contribution in [2.75, 3.05) is 18.4 Å². The van der Waals surface area contributed by atoms with Crippen LogP contribution in [0.4, 0.5) is 5.00 Å². The van der Waals surface area contributed by atoms with Crippen molar-refractivity contribution >= 4 is 22.4 Å². The topological polar surface area (TPSA) is 66.9 Å². The molecule has 1 amide bonds. The number of carbonyl (C=O) groups excluding carboxylic acids is 1. The fourth-order valence-electron chi connectivity index (χ4n) is 1.10. The molecule has 0 aliphatic carbocycles. The fourth-order valence-corrected chi connectivity index (χ4v) is 1.52. The Hall–Kier alpha value is -1.27. The number of amides is 1. The standard InChI is InChI=1S/C8H10N4OS/c1-5(6-2-9-3-6)8(13)11-7-4-10-12-14-7/h4,9H,2-3H2,1H3,(H,11,13). The molecule has 5 nitrogen and oxygen atoms in total. The Bertz CT molecular complexity index is 365. The van der Waals surface area contributed by atoms with Gasteiger partial charge in [-0.25, -0.2) is 0 Å². The highest BCUT2D eigenvalue weighted by Crippen LogP contribution is 2.14. The minimum absolute atomic E-state index is 0.0625. The van der Waals surface area contributed by atoms with E-state index in [4.69, 9.17) is 0 Å². The second-order valence-corrected chi connectivity index (χ2v) is 3.85. The molecule has 1 aliphatic heterocycles. The van der Waals surface area contributed by atoms with E-state index in [0.29, 0.717) is 5.00 Å². The van der Waals surface area contributed by atoms with E-state index >= 15 is 0 Å². The van der Waals surface area contributed by atoms with Gasteiger partial charge in [-0.3, -0.25) is 4.79 Å². The molecule has 6 heteroatoms. The molecule has 0 radical (unpaired) electrons. The second-order valence-electron chi connectivity index (χ2n) is 3.07. The lowest BCUT2D eigenvalue weighted by molar-refractivity contribution is -0.112. The van der Waals surface area contributed by atoms with Crippen LogP contribution in [0.3, 0.4) is 0 Å². The quantitative estimate of drug-likeness (QED) is 0.693. The first-order valence-corrected chi connectivity index (χ1v) is 5.03. The van der Waals surface area contributed by atoms with Crippen LogP contribution in [0.5, 0.6) is 0 Å². The number of nitrogens with one attached hydrogen (secondary N) is 2. The van der Waals surface area contributed by atoms with Crippen molar-refractivity contribution in [1.82, 2.24) is 14.9 Å². The van der Waals surface area contributed by atoms with Crippen LogP contribution in [0.2, 0.25) is 0 Å². The van der Waals surface area contributed by atoms with Gasteiger partial charge in [0.05, 0.1) is 6.20 Å². The highest BCUT2D eigenvalue weighted by molar-refractivity contribution is 7.10. The molecule has 0 aromatic carbocycles. The van der Waals surface area contributed by atoms with Crippen LogP contribution in [0.15, 0.2) is 17.3 Å². The van der Waals surface area contributed by atoms with Gasteiger partial charge in [0.1, 0.15) is 5.00 Å². The molecular formula is C8H10N4OS. The third kappa shape index (κ3) is 1.80. The molecule has 2 rings (SSSR count). The first-order valence-electron chi connectivity index (χ1n) is 4.25. The van der Waals surface area contributed by atoms with Gasteiger partial charge in [-0.1, -0.05) is 4.49 Å². The number of rotatable bonds is 2. The summed E-state index contributed by atoms with van der Waals surface area (Å²) in [5.41, 5.74) is 1.96. The monoisotopic (exact) mass is 210 g/mol. The van der Waals surface area contributed by atoms with E-state index < -0.39 is 0 Å². The number of hydrogen-bond acceptors (Lipinski definition) is 5. The average Bonchev–Trinajstić information content (AvgIpc) is 2.53. The summed E-state index contributed by atoms with van der Waals surface area (Å²) in [4.78, 5) is 11.6. The van der Waals surface area contributed by atoms with Gasteiger partial charge in [-0.15, -0.1) is 5.10 Å². The average molecular weight is 210 g/mol. The molecule has 0 spiro atoms. The van der Waals surface area contributed by atoms with Gasteiger partial charge >= 0.3 is 0 Å². The summed E-state index contributed by atoms with van der Waals surface area (Å²) >= 11 is 1.17. The van der Waals surface area contributed by atoms with Crippen molar-refractivity contribution in [2.45, 2.75) is 6.92 Å². The van der Waals surface area contributed by atoms with Gasteiger partial charge < -0.3 is 10.6 Å². The van der Waals surface area contributed by atoms with Crippen LogP contribution in [-0.4, -0.2) is 28.6 Å². The maximum absolute atomic E-state index is 11.6. The summed E-state index contributed by atoms with van der Waals surface area (Å²) < 4.78 is 3.66. The SMILES string of the molecule is CC(C(=O)Nc1cnns1)=C1CNC1. The maximum Gasteiger partial charge on any atom is 0.252 e. The highest BCUT2D eigenvalue weighted by Gasteiger charge is 2.16. The minimum Gasteiger partial charge on any atom is -0.311 e. The summed E-state index contributed by atoms with van der Waals surface area (Å²) in [6, 6.07) is 0. The fraction of sp³-hybridized carbons (Fsp3) is 0.375. The molecular weight excluding hydrogens is 200 g/mol. The third-order valence-corrected chi connectivity index (χ3v) is 2.73. The Morgan fingerprint density at radius 3 is 2.93 bits per heavy atom. The van der Waals surface area contributed by atoms with Crippen LogP contribution in [0.25, 0.3) is 0 Å². The first kappa shape index (κ1) is 9.29. The smallest absolute Gasteiger partial charge is 0.252 e. The van der Waals surface area contributed by atoms with Crippen molar-refractivity contribution in [2.24, 2.45) is 0 Å². The highest BCUT2D eigenvalue weighted by atomic mass is 32.1. The number of nitrogens with zero attached hydrogens (tertiary/aromatic N) is 2. The van der Waals surface area contributed by atoms with Gasteiger partial charge in [0.15, 0.2) is 0 Å². The van der Waals surface area contributed by atoms with Gasteiger partial charge in [0.2, 0.25) is 0 Å². The lowest BCUT2D eigenvalue weighted by Gasteiger charge is -2.21. The third-order valence-electron chi connectivity index (χ3n) is 2.15. The van der Waals surface area contributed by atoms with E-state index in [0.717, 1.165) is 18.7 Å². The van der Waals surface area contributed by atoms with Crippen LogP contribution in [0, 0.1) is 0 Å². The number of aromatic nitrogens is 2. The molecule has 0 saturated carbocycles. The molecule has 1 fully saturated rings. The summed E-state index contributed by atoms with van der Waals surface area (Å²) in [7, 11) is 0. The van der Waals surface area contributed by atoms with Crippen LogP contribution < -0.4 is 10.6 Å². The Kier molecular flexibility index (Phi) is 2.55. The van der Waals surface area contributed by atoms with E-state index in [1.165, 1.54) is 17.1 Å². The molecule has 1 aromatic heterocycles. The van der Waals surface area contributed by atoms with Crippen LogP contribution in [-0.2, 0) is 4.79 Å². The lowest BCUT2D eigenvalue weighted by Crippen LogP contribution is -2.36. The van der Waals surface area contributed by atoms with E-state index in [1.807, 2.05) is 6.92 Å². The Labute approximate surface area is 85.4 Å². The van der Waals surface area contributed by atoms with Crippen molar-refractivity contribution < 1.29 is 4.79 Å². The lowest BCUT2D eigenvalue weighted by atomic mass is 10.0. The molecule has 1 aromatic rings. The molecule has 1 aliphatic rings. The van der Waals surface area contributed by atoms with Crippen molar-refractivity contribution in [3.8, 4) is 0 Å². The van der Waals surface area contributed by atoms with Crippen molar-refractivity contribution in [1.29, 1.82) is 0 Å². The molecule has 2 heterocycles. The summed E-state index contributed by atoms with van der Waals surface area (Å²) in [6.45, 7) is 3.47. The molecule has 14 heavy (non-hydrogen) atoms. The summed E-state index contributed by atoms with van der Waals surface area (Å²) in [6.07, 6.45) is 1.54. The van der Waals surface area contributed by atoms with Gasteiger partial charge in [0, 0.05) is 30.2 Å². The largest absolute Gasteiger partial charge is 0.311 e. The predicted molar refractivity (Wildman–Crippen MR) is 54.1 cm³/mol. The maximum atomic E-state index is 11.6. The van der Waals surface area contributed by atoms with E-state index in [2.05, 4.69) is 20.2 Å². The molecule has 0 bridgehead atoms. The van der Waals surface area contributed by atoms with Gasteiger partial charge in [0.25, 0.3) is 5.91 Å². The zero-order valence-corrected chi connectivity index (χ0v) is 8.52. The van der Waals surface area contributed by atoms with E-state index in [1.54, 1.807) is 6.20 Å². The zero-order valence-electron chi connectivity index (χ0n) is 7.70. The first-order chi connectivity index (χ1) is 6.77. The van der Waals surface area contributed by atoms with E-state index in [9.17, 15) is 4.79 Å². The van der Waals surface area contributed by atoms with Crippen LogP contribution in [0.1, 0.15) is 6.92 Å². The van der Waals surface area contributed by atoms with E-state index in [-0.39, 0.29) is 5.91 Å². The van der Waals surface area contributed by atoms with Gasteiger partial charge in [-0.05, 0) is 12.5 Å². The van der Waals surface area contributed by atoms with Crippen molar-refractivity contribution in [3.63, 3.8) is 0 Å². The molecule has 2 N–H and O–H groups in total. The molecule has 0 unspecified atom stereocenters. The minimum atomic E-state index is -0.0625. The summed E-state index contributed by atoms with van der Waals surface area (Å²) in [5, 5.41) is 10.2. The number of hydrogen-bond donors (Lipinski definition) is 2. The number of carbonyl (C=O) groups is 1.